The Labute approximate surface area is 137 Å². The lowest BCUT2D eigenvalue weighted by atomic mass is 10.1. The van der Waals surface area contributed by atoms with Crippen molar-refractivity contribution in [2.45, 2.75) is 19.9 Å². The minimum absolute atomic E-state index is 0.113. The van der Waals surface area contributed by atoms with Gasteiger partial charge in [-0.15, -0.1) is 0 Å². The van der Waals surface area contributed by atoms with Crippen molar-refractivity contribution in [2.75, 3.05) is 39.3 Å². The van der Waals surface area contributed by atoms with Crippen molar-refractivity contribution in [3.63, 3.8) is 0 Å². The van der Waals surface area contributed by atoms with Crippen molar-refractivity contribution in [1.29, 1.82) is 0 Å². The molecule has 2 aliphatic heterocycles. The largest absolute Gasteiger partial charge is 0.342 e. The average molecular weight is 316 g/mol. The van der Waals surface area contributed by atoms with Gasteiger partial charge in [-0.1, -0.05) is 0 Å². The van der Waals surface area contributed by atoms with Crippen LogP contribution in [0.4, 0.5) is 0 Å². The van der Waals surface area contributed by atoms with Gasteiger partial charge >= 0.3 is 0 Å². The molecular weight excluding hydrogens is 292 g/mol. The Balaban J connectivity index is 1.49. The van der Waals surface area contributed by atoms with Crippen molar-refractivity contribution in [2.24, 2.45) is 5.92 Å². The van der Waals surface area contributed by atoms with E-state index in [1.807, 2.05) is 36.4 Å². The second-order valence-electron chi connectivity index (χ2n) is 6.29. The molecule has 2 amide bonds. The maximum atomic E-state index is 12.6. The first-order valence-corrected chi connectivity index (χ1v) is 8.35. The van der Waals surface area contributed by atoms with Crippen molar-refractivity contribution >= 4 is 11.8 Å². The molecule has 3 rings (SSSR count). The molecule has 3 heterocycles. The van der Waals surface area contributed by atoms with Crippen LogP contribution < -0.4 is 0 Å². The van der Waals surface area contributed by atoms with Gasteiger partial charge in [0.05, 0.1) is 5.92 Å². The fraction of sp³-hybridized carbons (Fsp3) is 0.588. The highest BCUT2D eigenvalue weighted by Crippen LogP contribution is 2.20. The molecular formula is C17H24N4O2. The monoisotopic (exact) mass is 316 g/mol. The fourth-order valence-electron chi connectivity index (χ4n) is 3.37. The lowest BCUT2D eigenvalue weighted by Gasteiger charge is -2.35. The Morgan fingerprint density at radius 3 is 2.52 bits per heavy atom. The van der Waals surface area contributed by atoms with Crippen molar-refractivity contribution in [1.82, 2.24) is 19.7 Å². The first kappa shape index (κ1) is 15.9. The van der Waals surface area contributed by atoms with E-state index in [1.165, 1.54) is 5.56 Å². The predicted octanol–water partition coefficient (Wildman–Crippen LogP) is 0.594. The standard InChI is InChI=1S/C17H24N4O2/c1-2-20-13-15(11-16(20)22)17(23)21-9-7-19(8-10-21)12-14-3-5-18-6-4-14/h3-6,15H,2,7-13H2,1H3/t15-/m0/s1. The van der Waals surface area contributed by atoms with Gasteiger partial charge in [0.2, 0.25) is 11.8 Å². The molecule has 2 fully saturated rings. The molecule has 6 heteroatoms. The Morgan fingerprint density at radius 1 is 1.22 bits per heavy atom. The summed E-state index contributed by atoms with van der Waals surface area (Å²) in [5.74, 6) is 0.120. The summed E-state index contributed by atoms with van der Waals surface area (Å²) in [6, 6.07) is 4.06. The smallest absolute Gasteiger partial charge is 0.228 e. The van der Waals surface area contributed by atoms with Gasteiger partial charge in [0, 0.05) is 64.6 Å². The number of likely N-dealkylation sites (tertiary alicyclic amines) is 1. The summed E-state index contributed by atoms with van der Waals surface area (Å²) in [4.78, 5) is 34.5. The van der Waals surface area contributed by atoms with Crippen LogP contribution in [-0.4, -0.2) is 70.8 Å². The van der Waals surface area contributed by atoms with E-state index in [9.17, 15) is 9.59 Å². The summed E-state index contributed by atoms with van der Waals surface area (Å²) in [5.41, 5.74) is 1.25. The quantitative estimate of drug-likeness (QED) is 0.816. The molecule has 0 unspecified atom stereocenters. The number of rotatable bonds is 4. The zero-order chi connectivity index (χ0) is 16.2. The molecule has 0 spiro atoms. The molecule has 0 radical (unpaired) electrons. The van der Waals surface area contributed by atoms with E-state index in [-0.39, 0.29) is 17.7 Å². The summed E-state index contributed by atoms with van der Waals surface area (Å²) in [6.07, 6.45) is 4.00. The van der Waals surface area contributed by atoms with Crippen LogP contribution in [0.1, 0.15) is 18.9 Å². The van der Waals surface area contributed by atoms with Gasteiger partial charge in [-0.3, -0.25) is 19.5 Å². The van der Waals surface area contributed by atoms with E-state index >= 15 is 0 Å². The van der Waals surface area contributed by atoms with Crippen LogP contribution in [0.2, 0.25) is 0 Å². The number of carbonyl (C=O) groups is 2. The minimum atomic E-state index is -0.144. The molecule has 124 valence electrons. The van der Waals surface area contributed by atoms with E-state index in [0.717, 1.165) is 32.7 Å². The fourth-order valence-corrected chi connectivity index (χ4v) is 3.37. The molecule has 2 aliphatic rings. The third-order valence-electron chi connectivity index (χ3n) is 4.78. The van der Waals surface area contributed by atoms with Crippen LogP contribution in [0.5, 0.6) is 0 Å². The average Bonchev–Trinajstić information content (AvgIpc) is 2.97. The molecule has 2 saturated heterocycles. The Kier molecular flexibility index (Phi) is 4.91. The molecule has 6 nitrogen and oxygen atoms in total. The van der Waals surface area contributed by atoms with Crippen molar-refractivity contribution in [3.8, 4) is 0 Å². The summed E-state index contributed by atoms with van der Waals surface area (Å²) < 4.78 is 0. The summed E-state index contributed by atoms with van der Waals surface area (Å²) >= 11 is 0. The molecule has 0 aromatic carbocycles. The highest BCUT2D eigenvalue weighted by Gasteiger charge is 2.36. The summed E-state index contributed by atoms with van der Waals surface area (Å²) in [5, 5.41) is 0. The SMILES string of the molecule is CCN1C[C@@H](C(=O)N2CCN(Cc3ccncc3)CC2)CC1=O. The number of hydrogen-bond acceptors (Lipinski definition) is 4. The van der Waals surface area contributed by atoms with E-state index in [1.54, 1.807) is 4.90 Å². The number of carbonyl (C=O) groups excluding carboxylic acids is 2. The lowest BCUT2D eigenvalue weighted by Crippen LogP contribution is -2.50. The van der Waals surface area contributed by atoms with Crippen LogP contribution >= 0.6 is 0 Å². The highest BCUT2D eigenvalue weighted by atomic mass is 16.2. The zero-order valence-electron chi connectivity index (χ0n) is 13.6. The molecule has 0 aliphatic carbocycles. The van der Waals surface area contributed by atoms with Gasteiger partial charge in [0.15, 0.2) is 0 Å². The highest BCUT2D eigenvalue weighted by molar-refractivity contribution is 5.89. The van der Waals surface area contributed by atoms with Gasteiger partial charge in [-0.25, -0.2) is 0 Å². The predicted molar refractivity (Wildman–Crippen MR) is 86.5 cm³/mol. The van der Waals surface area contributed by atoms with Crippen LogP contribution in [0.15, 0.2) is 24.5 Å². The van der Waals surface area contributed by atoms with Crippen LogP contribution in [0, 0.1) is 5.92 Å². The number of pyridine rings is 1. The maximum Gasteiger partial charge on any atom is 0.228 e. The number of piperazine rings is 1. The van der Waals surface area contributed by atoms with E-state index in [2.05, 4.69) is 9.88 Å². The van der Waals surface area contributed by atoms with Crippen molar-refractivity contribution in [3.05, 3.63) is 30.1 Å². The van der Waals surface area contributed by atoms with E-state index in [4.69, 9.17) is 0 Å². The molecule has 1 aromatic rings. The van der Waals surface area contributed by atoms with Gasteiger partial charge in [0.25, 0.3) is 0 Å². The van der Waals surface area contributed by atoms with Gasteiger partial charge < -0.3 is 9.80 Å². The topological polar surface area (TPSA) is 56.8 Å². The second-order valence-corrected chi connectivity index (χ2v) is 6.29. The normalized spacial score (nSPS) is 22.7. The number of hydrogen-bond donors (Lipinski definition) is 0. The number of aromatic nitrogens is 1. The second kappa shape index (κ2) is 7.08. The third kappa shape index (κ3) is 3.69. The lowest BCUT2D eigenvalue weighted by molar-refractivity contribution is -0.137. The zero-order valence-corrected chi connectivity index (χ0v) is 13.6. The molecule has 23 heavy (non-hydrogen) atoms. The Bertz CT molecular complexity index is 555. The Morgan fingerprint density at radius 2 is 1.91 bits per heavy atom. The van der Waals surface area contributed by atoms with Crippen molar-refractivity contribution < 1.29 is 9.59 Å². The summed E-state index contributed by atoms with van der Waals surface area (Å²) in [6.45, 7) is 7.41. The molecule has 0 saturated carbocycles. The van der Waals surface area contributed by atoms with Gasteiger partial charge in [-0.2, -0.15) is 0 Å². The van der Waals surface area contributed by atoms with E-state index < -0.39 is 0 Å². The Hall–Kier alpha value is -1.95. The molecule has 1 aromatic heterocycles. The van der Waals surface area contributed by atoms with Gasteiger partial charge in [-0.05, 0) is 24.6 Å². The molecule has 0 N–H and O–H groups in total. The number of nitrogens with zero attached hydrogens (tertiary/aromatic N) is 4. The minimum Gasteiger partial charge on any atom is -0.342 e. The van der Waals surface area contributed by atoms with Crippen LogP contribution in [-0.2, 0) is 16.1 Å². The molecule has 1 atom stereocenters. The van der Waals surface area contributed by atoms with Crippen LogP contribution in [0.3, 0.4) is 0 Å². The number of amides is 2. The first-order chi connectivity index (χ1) is 11.2. The molecule has 0 bridgehead atoms. The van der Waals surface area contributed by atoms with Gasteiger partial charge in [0.1, 0.15) is 0 Å². The summed E-state index contributed by atoms with van der Waals surface area (Å²) in [7, 11) is 0. The van der Waals surface area contributed by atoms with Crippen LogP contribution in [0.25, 0.3) is 0 Å². The first-order valence-electron chi connectivity index (χ1n) is 8.35. The van der Waals surface area contributed by atoms with E-state index in [0.29, 0.717) is 19.5 Å². The maximum absolute atomic E-state index is 12.6. The third-order valence-corrected chi connectivity index (χ3v) is 4.78.